The zero-order valence-corrected chi connectivity index (χ0v) is 17.2. The van der Waals surface area contributed by atoms with Crippen LogP contribution in [-0.4, -0.2) is 42.8 Å². The summed E-state index contributed by atoms with van der Waals surface area (Å²) in [5.74, 6) is 2.51. The number of β-amino-alcohol motifs (C(OH)–C–C–N with tert-alkyl or cyclic N) is 1. The lowest BCUT2D eigenvalue weighted by molar-refractivity contribution is -0.661. The molecule has 5 heteroatoms. The Morgan fingerprint density at radius 3 is 2.54 bits per heavy atom. The third-order valence-electron chi connectivity index (χ3n) is 5.98. The molecule has 0 unspecified atom stereocenters. The fourth-order valence-electron chi connectivity index (χ4n) is 4.46. The molecule has 28 heavy (non-hydrogen) atoms. The van der Waals surface area contributed by atoms with Crippen LogP contribution in [0.2, 0.25) is 0 Å². The molecule has 2 heterocycles. The number of hydrogen-bond donors (Lipinski definition) is 1. The van der Waals surface area contributed by atoms with Crippen molar-refractivity contribution in [3.8, 4) is 11.5 Å². The fourth-order valence-corrected chi connectivity index (χ4v) is 4.46. The van der Waals surface area contributed by atoms with E-state index in [0.717, 1.165) is 31.4 Å². The topological polar surface area (TPSA) is 44.9 Å². The third kappa shape index (κ3) is 2.94. The second kappa shape index (κ2) is 7.13. The molecule has 2 aliphatic heterocycles. The molecule has 2 aromatic rings. The molecule has 0 bridgehead atoms. The molecular weight excluding hydrogens is 352 g/mol. The number of nitrogens with zero attached hydrogens (tertiary/aromatic N) is 2. The molecule has 148 valence electrons. The average molecular weight is 381 g/mol. The van der Waals surface area contributed by atoms with E-state index in [2.05, 4.69) is 41.5 Å². The summed E-state index contributed by atoms with van der Waals surface area (Å²) in [6, 6.07) is 12.2. The van der Waals surface area contributed by atoms with E-state index in [9.17, 15) is 5.11 Å². The van der Waals surface area contributed by atoms with Crippen LogP contribution < -0.4 is 14.4 Å². The first kappa shape index (κ1) is 18.8. The number of amidine groups is 1. The Kier molecular flexibility index (Phi) is 4.79. The van der Waals surface area contributed by atoms with Crippen LogP contribution in [0.1, 0.15) is 36.0 Å². The summed E-state index contributed by atoms with van der Waals surface area (Å²) >= 11 is 0. The van der Waals surface area contributed by atoms with Gasteiger partial charge in [-0.3, -0.25) is 0 Å². The van der Waals surface area contributed by atoms with Gasteiger partial charge < -0.3 is 14.6 Å². The summed E-state index contributed by atoms with van der Waals surface area (Å²) in [7, 11) is 3.25. The van der Waals surface area contributed by atoms with Gasteiger partial charge in [0.2, 0.25) is 0 Å². The van der Waals surface area contributed by atoms with Gasteiger partial charge in [0.15, 0.2) is 18.0 Å². The number of hydrogen-bond acceptors (Lipinski definition) is 4. The zero-order chi connectivity index (χ0) is 19.9. The lowest BCUT2D eigenvalue weighted by Gasteiger charge is -2.25. The predicted molar refractivity (Wildman–Crippen MR) is 111 cm³/mol. The summed E-state index contributed by atoms with van der Waals surface area (Å²) in [6.07, 6.45) is 3.21. The Hall–Kier alpha value is -2.53. The van der Waals surface area contributed by atoms with Crippen LogP contribution in [0.5, 0.6) is 11.5 Å². The molecule has 0 aliphatic carbocycles. The highest BCUT2D eigenvalue weighted by Crippen LogP contribution is 2.39. The summed E-state index contributed by atoms with van der Waals surface area (Å²) in [5, 5.41) is 11.9. The first-order valence-electron chi connectivity index (χ1n) is 9.91. The molecule has 4 rings (SSSR count). The molecule has 2 aromatic carbocycles. The van der Waals surface area contributed by atoms with E-state index in [1.807, 2.05) is 18.2 Å². The predicted octanol–water partition coefficient (Wildman–Crippen LogP) is 3.58. The van der Waals surface area contributed by atoms with Crippen molar-refractivity contribution in [3.05, 3.63) is 53.1 Å². The van der Waals surface area contributed by atoms with Crippen molar-refractivity contribution in [1.29, 1.82) is 0 Å². The summed E-state index contributed by atoms with van der Waals surface area (Å²) < 4.78 is 13.0. The first-order chi connectivity index (χ1) is 13.5. The molecule has 0 saturated carbocycles. The second-order valence-electron chi connectivity index (χ2n) is 7.79. The maximum atomic E-state index is 11.9. The third-order valence-corrected chi connectivity index (χ3v) is 5.98. The van der Waals surface area contributed by atoms with Crippen LogP contribution >= 0.6 is 0 Å². The highest BCUT2D eigenvalue weighted by molar-refractivity contribution is 5.96. The number of ether oxygens (including phenoxy) is 2. The number of methoxy groups -OCH3 is 2. The first-order valence-corrected chi connectivity index (χ1v) is 9.91. The molecule has 5 nitrogen and oxygen atoms in total. The Morgan fingerprint density at radius 1 is 1.00 bits per heavy atom. The van der Waals surface area contributed by atoms with E-state index in [1.54, 1.807) is 14.2 Å². The van der Waals surface area contributed by atoms with Gasteiger partial charge >= 0.3 is 0 Å². The van der Waals surface area contributed by atoms with Crippen molar-refractivity contribution in [3.63, 3.8) is 0 Å². The van der Waals surface area contributed by atoms with Crippen LogP contribution in [0.4, 0.5) is 5.69 Å². The van der Waals surface area contributed by atoms with Crippen LogP contribution in [0, 0.1) is 13.8 Å². The van der Waals surface area contributed by atoms with E-state index in [4.69, 9.17) is 9.47 Å². The number of aryl methyl sites for hydroxylation is 2. The van der Waals surface area contributed by atoms with E-state index in [0.29, 0.717) is 18.0 Å². The van der Waals surface area contributed by atoms with Crippen molar-refractivity contribution in [2.24, 2.45) is 0 Å². The lowest BCUT2D eigenvalue weighted by Crippen LogP contribution is -2.41. The van der Waals surface area contributed by atoms with Crippen LogP contribution in [0.15, 0.2) is 36.4 Å². The highest BCUT2D eigenvalue weighted by Gasteiger charge is 2.53. The van der Waals surface area contributed by atoms with E-state index >= 15 is 0 Å². The summed E-state index contributed by atoms with van der Waals surface area (Å²) in [6.45, 7) is 5.60. The number of anilines is 1. The van der Waals surface area contributed by atoms with Crippen molar-refractivity contribution in [2.45, 2.75) is 38.8 Å². The van der Waals surface area contributed by atoms with Gasteiger partial charge in [0.1, 0.15) is 5.69 Å². The van der Waals surface area contributed by atoms with Crippen LogP contribution in [0.3, 0.4) is 0 Å². The lowest BCUT2D eigenvalue weighted by atomic mass is 10.0. The zero-order valence-electron chi connectivity index (χ0n) is 17.2. The van der Waals surface area contributed by atoms with Gasteiger partial charge in [-0.05, 0) is 62.1 Å². The smallest absolute Gasteiger partial charge is 0.271 e. The van der Waals surface area contributed by atoms with Crippen molar-refractivity contribution < 1.29 is 19.2 Å². The highest BCUT2D eigenvalue weighted by atomic mass is 16.5. The number of rotatable bonds is 4. The van der Waals surface area contributed by atoms with Crippen molar-refractivity contribution >= 4 is 11.5 Å². The molecule has 2 aliphatic rings. The number of aliphatic hydroxyl groups is 1. The molecule has 0 spiro atoms. The van der Waals surface area contributed by atoms with Gasteiger partial charge in [-0.1, -0.05) is 12.1 Å². The van der Waals surface area contributed by atoms with Gasteiger partial charge in [-0.15, -0.1) is 0 Å². The largest absolute Gasteiger partial charge is 0.493 e. The van der Waals surface area contributed by atoms with Crippen molar-refractivity contribution in [1.82, 2.24) is 0 Å². The Morgan fingerprint density at radius 2 is 1.79 bits per heavy atom. The Labute approximate surface area is 166 Å². The fraction of sp³-hybridized carbons (Fsp3) is 0.435. The maximum Gasteiger partial charge on any atom is 0.271 e. The normalized spacial score (nSPS) is 21.7. The summed E-state index contributed by atoms with van der Waals surface area (Å²) in [4.78, 5) is 2.30. The minimum atomic E-state index is -1.09. The molecule has 1 N–H and O–H groups in total. The molecule has 0 amide bonds. The minimum Gasteiger partial charge on any atom is -0.493 e. The molecule has 0 aromatic heterocycles. The molecular formula is C23H29N2O3+. The quantitative estimate of drug-likeness (QED) is 0.823. The minimum absolute atomic E-state index is 0.502. The molecule has 0 fully saturated rings. The Balaban J connectivity index is 1.82. The molecule has 0 radical (unpaired) electrons. The van der Waals surface area contributed by atoms with Gasteiger partial charge in [-0.25, -0.2) is 9.48 Å². The van der Waals surface area contributed by atoms with Gasteiger partial charge in [0.05, 0.1) is 20.8 Å². The molecule has 1 atom stereocenters. The van der Waals surface area contributed by atoms with Gasteiger partial charge in [0.25, 0.3) is 11.6 Å². The second-order valence-corrected chi connectivity index (χ2v) is 7.79. The Bertz CT molecular complexity index is 937. The van der Waals surface area contributed by atoms with E-state index < -0.39 is 5.72 Å². The summed E-state index contributed by atoms with van der Waals surface area (Å²) in [5.41, 5.74) is 3.37. The van der Waals surface area contributed by atoms with Gasteiger partial charge in [-0.2, -0.15) is 0 Å². The van der Waals surface area contributed by atoms with Crippen LogP contribution in [0.25, 0.3) is 0 Å². The van der Waals surface area contributed by atoms with Gasteiger partial charge in [0, 0.05) is 12.0 Å². The van der Waals surface area contributed by atoms with E-state index in [-0.39, 0.29) is 0 Å². The maximum absolute atomic E-state index is 11.9. The van der Waals surface area contributed by atoms with Crippen LogP contribution in [-0.2, 0) is 5.72 Å². The molecule has 0 saturated heterocycles. The number of benzene rings is 2. The monoisotopic (exact) mass is 381 g/mol. The SMILES string of the molecule is COc1ccc([C@]2(O)CN(c3cc(C)ccc3C)C3=[N+]2CCCC3)cc1OC. The van der Waals surface area contributed by atoms with E-state index in [1.165, 1.54) is 22.6 Å². The standard InChI is InChI=1S/C23H29N2O3/c1-16-8-9-17(2)19(13-16)24-15-23(26,25-12-6-5-7-22(24)25)18-10-11-20(27-3)21(14-18)28-4/h8-11,13-14,26H,5-7,12,15H2,1-4H3/q+1/t23-/m1/s1. The average Bonchev–Trinajstić information content (AvgIpc) is 3.03. The van der Waals surface area contributed by atoms with Crippen molar-refractivity contribution in [2.75, 3.05) is 32.2 Å².